The van der Waals surface area contributed by atoms with Crippen molar-refractivity contribution in [3.63, 3.8) is 0 Å². The number of halogens is 1. The Morgan fingerprint density at radius 2 is 1.93 bits per heavy atom. The smallest absolute Gasteiger partial charge is 0.124 e. The molecule has 2 nitrogen and oxygen atoms in total. The highest BCUT2D eigenvalue weighted by molar-refractivity contribution is 14.1. The molecule has 28 heavy (non-hydrogen) atoms. The summed E-state index contributed by atoms with van der Waals surface area (Å²) in [6.45, 7) is 14.2. The van der Waals surface area contributed by atoms with Gasteiger partial charge < -0.3 is 4.74 Å². The van der Waals surface area contributed by atoms with Crippen LogP contribution in [-0.2, 0) is 18.6 Å². The highest BCUT2D eigenvalue weighted by atomic mass is 127. The monoisotopic (exact) mass is 491 g/mol. The summed E-state index contributed by atoms with van der Waals surface area (Å²) >= 11 is 2.36. The SMILES string of the molecule is Cc1cc(CN2CCCC[C@H]2C)c(OCc2cccc(I)c2)cc1C(C)(C)C. The van der Waals surface area contributed by atoms with Crippen LogP contribution >= 0.6 is 22.6 Å². The first-order valence-electron chi connectivity index (χ1n) is 10.5. The van der Waals surface area contributed by atoms with E-state index >= 15 is 0 Å². The van der Waals surface area contributed by atoms with Crippen LogP contribution in [0.2, 0.25) is 0 Å². The minimum Gasteiger partial charge on any atom is -0.489 e. The third-order valence-corrected chi connectivity index (χ3v) is 6.48. The molecule has 0 unspecified atom stereocenters. The van der Waals surface area contributed by atoms with Crippen LogP contribution in [0.4, 0.5) is 0 Å². The van der Waals surface area contributed by atoms with Crippen LogP contribution in [0.5, 0.6) is 5.75 Å². The van der Waals surface area contributed by atoms with E-state index in [1.807, 2.05) is 0 Å². The molecule has 2 aromatic rings. The first-order chi connectivity index (χ1) is 13.2. The molecule has 1 fully saturated rings. The molecule has 0 aliphatic carbocycles. The number of aryl methyl sites for hydroxylation is 1. The molecule has 3 heteroatoms. The Bertz CT molecular complexity index is 809. The Morgan fingerprint density at radius 1 is 1.14 bits per heavy atom. The van der Waals surface area contributed by atoms with Gasteiger partial charge >= 0.3 is 0 Å². The fraction of sp³-hybridized carbons (Fsp3) is 0.520. The predicted octanol–water partition coefficient (Wildman–Crippen LogP) is 6.85. The molecule has 0 N–H and O–H groups in total. The Hall–Kier alpha value is -1.07. The van der Waals surface area contributed by atoms with Gasteiger partial charge in [0, 0.05) is 21.7 Å². The lowest BCUT2D eigenvalue weighted by molar-refractivity contribution is 0.150. The number of rotatable bonds is 5. The van der Waals surface area contributed by atoms with Crippen LogP contribution in [0.1, 0.15) is 69.2 Å². The summed E-state index contributed by atoms with van der Waals surface area (Å²) in [6.07, 6.45) is 3.97. The summed E-state index contributed by atoms with van der Waals surface area (Å²) in [5.41, 5.74) is 5.41. The van der Waals surface area contributed by atoms with Crippen molar-refractivity contribution in [1.82, 2.24) is 4.90 Å². The molecule has 1 aliphatic heterocycles. The van der Waals surface area contributed by atoms with E-state index in [4.69, 9.17) is 4.74 Å². The van der Waals surface area contributed by atoms with E-state index in [0.29, 0.717) is 12.6 Å². The Labute approximate surface area is 184 Å². The molecule has 1 aliphatic rings. The fourth-order valence-electron chi connectivity index (χ4n) is 4.21. The molecule has 0 bridgehead atoms. The van der Waals surface area contributed by atoms with Crippen molar-refractivity contribution in [2.75, 3.05) is 6.54 Å². The predicted molar refractivity (Wildman–Crippen MR) is 127 cm³/mol. The van der Waals surface area contributed by atoms with Crippen LogP contribution in [-0.4, -0.2) is 17.5 Å². The number of piperidine rings is 1. The highest BCUT2D eigenvalue weighted by Crippen LogP contribution is 2.34. The second-order valence-corrected chi connectivity index (χ2v) is 10.5. The Kier molecular flexibility index (Phi) is 7.08. The normalized spacial score (nSPS) is 18.3. The van der Waals surface area contributed by atoms with Gasteiger partial charge in [-0.3, -0.25) is 4.90 Å². The molecule has 0 radical (unpaired) electrons. The first-order valence-corrected chi connectivity index (χ1v) is 11.6. The average molecular weight is 491 g/mol. The van der Waals surface area contributed by atoms with E-state index in [2.05, 4.69) is 98.5 Å². The summed E-state index contributed by atoms with van der Waals surface area (Å²) in [6, 6.07) is 13.9. The number of nitrogens with zero attached hydrogens (tertiary/aromatic N) is 1. The van der Waals surface area contributed by atoms with Gasteiger partial charge in [0.1, 0.15) is 12.4 Å². The van der Waals surface area contributed by atoms with Gasteiger partial charge in [0.2, 0.25) is 0 Å². The topological polar surface area (TPSA) is 12.5 Å². The summed E-state index contributed by atoms with van der Waals surface area (Å²) in [5.74, 6) is 1.05. The maximum absolute atomic E-state index is 6.42. The quantitative estimate of drug-likeness (QED) is 0.424. The van der Waals surface area contributed by atoms with Crippen LogP contribution in [0.25, 0.3) is 0 Å². The highest BCUT2D eigenvalue weighted by Gasteiger charge is 2.23. The van der Waals surface area contributed by atoms with E-state index in [9.17, 15) is 0 Å². The van der Waals surface area contributed by atoms with Gasteiger partial charge in [-0.2, -0.15) is 0 Å². The maximum atomic E-state index is 6.42. The molecule has 1 heterocycles. The molecule has 0 aromatic heterocycles. The lowest BCUT2D eigenvalue weighted by atomic mass is 9.83. The summed E-state index contributed by atoms with van der Waals surface area (Å²) in [7, 11) is 0. The van der Waals surface area contributed by atoms with Crippen molar-refractivity contribution < 1.29 is 4.74 Å². The zero-order valence-electron chi connectivity index (χ0n) is 18.0. The standard InChI is InChI=1S/C25H34INO/c1-18-13-21(16-27-12-7-6-9-19(27)2)24(15-23(18)25(3,4)5)28-17-20-10-8-11-22(26)14-20/h8,10-11,13-15,19H,6-7,9,12,16-17H2,1-5H3/t19-/m1/s1. The van der Waals surface area contributed by atoms with Gasteiger partial charge in [-0.05, 0) is 96.1 Å². The van der Waals surface area contributed by atoms with E-state index in [0.717, 1.165) is 12.3 Å². The van der Waals surface area contributed by atoms with Crippen molar-refractivity contribution in [2.45, 2.75) is 78.5 Å². The van der Waals surface area contributed by atoms with E-state index in [-0.39, 0.29) is 5.41 Å². The summed E-state index contributed by atoms with van der Waals surface area (Å²) in [5, 5.41) is 0. The number of ether oxygens (including phenoxy) is 1. The lowest BCUT2D eigenvalue weighted by Gasteiger charge is -2.34. The molecule has 0 saturated carbocycles. The maximum Gasteiger partial charge on any atom is 0.124 e. The molecule has 0 spiro atoms. The lowest BCUT2D eigenvalue weighted by Crippen LogP contribution is -2.36. The van der Waals surface area contributed by atoms with Gasteiger partial charge in [-0.25, -0.2) is 0 Å². The largest absolute Gasteiger partial charge is 0.489 e. The van der Waals surface area contributed by atoms with Crippen LogP contribution in [0.3, 0.4) is 0 Å². The van der Waals surface area contributed by atoms with Gasteiger partial charge in [-0.1, -0.05) is 45.4 Å². The molecule has 152 valence electrons. The molecule has 1 atom stereocenters. The first kappa shape index (κ1) is 21.6. The van der Waals surface area contributed by atoms with E-state index in [1.165, 1.54) is 51.6 Å². The summed E-state index contributed by atoms with van der Waals surface area (Å²) in [4.78, 5) is 2.62. The van der Waals surface area contributed by atoms with Crippen molar-refractivity contribution in [3.05, 3.63) is 62.2 Å². The van der Waals surface area contributed by atoms with Gasteiger partial charge in [0.05, 0.1) is 0 Å². The molecule has 2 aromatic carbocycles. The second kappa shape index (κ2) is 9.17. The number of hydrogen-bond acceptors (Lipinski definition) is 2. The van der Waals surface area contributed by atoms with Gasteiger partial charge in [-0.15, -0.1) is 0 Å². The summed E-state index contributed by atoms with van der Waals surface area (Å²) < 4.78 is 7.67. The molecular weight excluding hydrogens is 457 g/mol. The minimum absolute atomic E-state index is 0.112. The molecule has 0 amide bonds. The number of benzene rings is 2. The van der Waals surface area contributed by atoms with Crippen molar-refractivity contribution in [2.24, 2.45) is 0 Å². The zero-order chi connectivity index (χ0) is 20.3. The van der Waals surface area contributed by atoms with E-state index < -0.39 is 0 Å². The third kappa shape index (κ3) is 5.50. The average Bonchev–Trinajstić information content (AvgIpc) is 2.62. The molecular formula is C25H34INO. The third-order valence-electron chi connectivity index (χ3n) is 5.81. The van der Waals surface area contributed by atoms with Crippen LogP contribution in [0.15, 0.2) is 36.4 Å². The van der Waals surface area contributed by atoms with Crippen molar-refractivity contribution >= 4 is 22.6 Å². The van der Waals surface area contributed by atoms with Crippen LogP contribution < -0.4 is 4.74 Å². The van der Waals surface area contributed by atoms with Gasteiger partial charge in [0.15, 0.2) is 0 Å². The van der Waals surface area contributed by atoms with Gasteiger partial charge in [0.25, 0.3) is 0 Å². The Balaban J connectivity index is 1.89. The minimum atomic E-state index is 0.112. The van der Waals surface area contributed by atoms with Crippen molar-refractivity contribution in [3.8, 4) is 5.75 Å². The second-order valence-electron chi connectivity index (χ2n) is 9.26. The number of hydrogen-bond donors (Lipinski definition) is 0. The molecule has 3 rings (SSSR count). The Morgan fingerprint density at radius 3 is 2.61 bits per heavy atom. The fourth-order valence-corrected chi connectivity index (χ4v) is 4.82. The molecule has 1 saturated heterocycles. The zero-order valence-corrected chi connectivity index (χ0v) is 20.2. The van der Waals surface area contributed by atoms with Crippen LogP contribution in [0, 0.1) is 10.5 Å². The van der Waals surface area contributed by atoms with Crippen molar-refractivity contribution in [1.29, 1.82) is 0 Å². The number of likely N-dealkylation sites (tertiary alicyclic amines) is 1. The van der Waals surface area contributed by atoms with E-state index in [1.54, 1.807) is 0 Å².